The second-order valence-electron chi connectivity index (χ2n) is 6.30. The molecule has 0 saturated carbocycles. The molecule has 1 N–H and O–H groups in total. The van der Waals surface area contributed by atoms with E-state index >= 15 is 0 Å². The van der Waals surface area contributed by atoms with Gasteiger partial charge in [0.15, 0.2) is 0 Å². The van der Waals surface area contributed by atoms with Gasteiger partial charge in [-0.2, -0.15) is 0 Å². The predicted octanol–water partition coefficient (Wildman–Crippen LogP) is 3.95. The molecule has 3 rings (SSSR count). The number of carbonyl (C=O) groups excluding carboxylic acids is 1. The summed E-state index contributed by atoms with van der Waals surface area (Å²) >= 11 is 0. The highest BCUT2D eigenvalue weighted by molar-refractivity contribution is 5.93. The lowest BCUT2D eigenvalue weighted by molar-refractivity contribution is 0.0787. The molecule has 0 aliphatic carbocycles. The van der Waals surface area contributed by atoms with Crippen LogP contribution in [0.1, 0.15) is 35.9 Å². The van der Waals surface area contributed by atoms with Gasteiger partial charge in [-0.25, -0.2) is 9.97 Å². The minimum Gasteiger partial charge on any atom is -0.340 e. The van der Waals surface area contributed by atoms with Gasteiger partial charge in [0.1, 0.15) is 5.69 Å². The summed E-state index contributed by atoms with van der Waals surface area (Å²) in [7, 11) is 1.80. The van der Waals surface area contributed by atoms with E-state index in [1.807, 2.05) is 37.3 Å². The minimum atomic E-state index is -0.0944. The molecule has 1 amide bonds. The lowest BCUT2D eigenvalue weighted by Gasteiger charge is -2.17. The first kappa shape index (κ1) is 17.8. The van der Waals surface area contributed by atoms with Gasteiger partial charge in [0, 0.05) is 30.9 Å². The molecule has 0 saturated heterocycles. The van der Waals surface area contributed by atoms with Crippen LogP contribution in [0.3, 0.4) is 0 Å². The van der Waals surface area contributed by atoms with Crippen LogP contribution in [-0.4, -0.2) is 39.4 Å². The molecule has 0 radical (unpaired) electrons. The highest BCUT2D eigenvalue weighted by atomic mass is 16.2. The van der Waals surface area contributed by atoms with Crippen LogP contribution in [0.5, 0.6) is 0 Å². The Balaban J connectivity index is 1.89. The van der Waals surface area contributed by atoms with Gasteiger partial charge in [-0.15, -0.1) is 0 Å². The van der Waals surface area contributed by atoms with Gasteiger partial charge >= 0.3 is 0 Å². The van der Waals surface area contributed by atoms with Crippen molar-refractivity contribution in [3.05, 3.63) is 54.0 Å². The Morgan fingerprint density at radius 3 is 2.81 bits per heavy atom. The van der Waals surface area contributed by atoms with Crippen LogP contribution in [0.15, 0.2) is 42.6 Å². The number of rotatable bonds is 6. The Hall–Kier alpha value is -3.02. The summed E-state index contributed by atoms with van der Waals surface area (Å²) in [6.45, 7) is 4.68. The van der Waals surface area contributed by atoms with Gasteiger partial charge < -0.3 is 10.2 Å². The largest absolute Gasteiger partial charge is 0.340 e. The summed E-state index contributed by atoms with van der Waals surface area (Å²) in [5.41, 5.74) is 2.79. The molecule has 2 aromatic heterocycles. The van der Waals surface area contributed by atoms with Crippen LogP contribution in [0.4, 0.5) is 11.6 Å². The van der Waals surface area contributed by atoms with E-state index in [9.17, 15) is 4.79 Å². The van der Waals surface area contributed by atoms with E-state index in [0.717, 1.165) is 35.1 Å². The Morgan fingerprint density at radius 1 is 1.19 bits per heavy atom. The third-order valence-electron chi connectivity index (χ3n) is 4.15. The zero-order valence-corrected chi connectivity index (χ0v) is 15.4. The van der Waals surface area contributed by atoms with Crippen molar-refractivity contribution in [2.24, 2.45) is 0 Å². The molecule has 3 aromatic rings. The van der Waals surface area contributed by atoms with Crippen molar-refractivity contribution >= 4 is 28.4 Å². The van der Waals surface area contributed by atoms with Gasteiger partial charge in [-0.05, 0) is 31.5 Å². The van der Waals surface area contributed by atoms with Crippen molar-refractivity contribution in [1.82, 2.24) is 19.9 Å². The quantitative estimate of drug-likeness (QED) is 0.729. The molecule has 0 unspecified atom stereocenters. The normalized spacial score (nSPS) is 10.7. The second-order valence-corrected chi connectivity index (χ2v) is 6.30. The average molecular weight is 349 g/mol. The van der Waals surface area contributed by atoms with Crippen LogP contribution < -0.4 is 5.32 Å². The number of fused-ring (bicyclic) bond motifs is 1. The molecule has 0 spiro atoms. The number of aryl methyl sites for hydroxylation is 1. The number of hydrogen-bond acceptors (Lipinski definition) is 5. The van der Waals surface area contributed by atoms with Crippen LogP contribution >= 0.6 is 0 Å². The summed E-state index contributed by atoms with van der Waals surface area (Å²) in [4.78, 5) is 27.6. The van der Waals surface area contributed by atoms with Crippen LogP contribution in [0.2, 0.25) is 0 Å². The zero-order valence-electron chi connectivity index (χ0n) is 15.4. The van der Waals surface area contributed by atoms with Crippen molar-refractivity contribution in [1.29, 1.82) is 0 Å². The lowest BCUT2D eigenvalue weighted by atomic mass is 10.2. The fraction of sp³-hybridized carbons (Fsp3) is 0.300. The van der Waals surface area contributed by atoms with Crippen LogP contribution in [-0.2, 0) is 0 Å². The summed E-state index contributed by atoms with van der Waals surface area (Å²) in [6.07, 6.45) is 3.77. The molecule has 0 aliphatic rings. The Bertz CT molecular complexity index is 920. The van der Waals surface area contributed by atoms with Gasteiger partial charge in [0.2, 0.25) is 5.95 Å². The van der Waals surface area contributed by atoms with Crippen LogP contribution in [0, 0.1) is 6.92 Å². The topological polar surface area (TPSA) is 71.0 Å². The van der Waals surface area contributed by atoms with Gasteiger partial charge in [-0.3, -0.25) is 9.78 Å². The number of nitrogens with zero attached hydrogens (tertiary/aromatic N) is 4. The maximum atomic E-state index is 12.6. The molecule has 0 bridgehead atoms. The maximum Gasteiger partial charge on any atom is 0.272 e. The highest BCUT2D eigenvalue weighted by Gasteiger charge is 2.15. The van der Waals surface area contributed by atoms with Crippen molar-refractivity contribution in [3.8, 4) is 0 Å². The first-order chi connectivity index (χ1) is 12.6. The lowest BCUT2D eigenvalue weighted by Crippen LogP contribution is -2.28. The number of anilines is 2. The Kier molecular flexibility index (Phi) is 5.41. The first-order valence-corrected chi connectivity index (χ1v) is 8.80. The van der Waals surface area contributed by atoms with E-state index in [0.29, 0.717) is 18.2 Å². The second kappa shape index (κ2) is 7.91. The van der Waals surface area contributed by atoms with E-state index in [1.165, 1.54) is 0 Å². The summed E-state index contributed by atoms with van der Waals surface area (Å²) in [6, 6.07) is 11.5. The fourth-order valence-corrected chi connectivity index (χ4v) is 2.75. The zero-order chi connectivity index (χ0) is 18.5. The molecular formula is C20H23N5O. The molecular weight excluding hydrogens is 326 g/mol. The molecule has 1 aromatic carbocycles. The Labute approximate surface area is 153 Å². The summed E-state index contributed by atoms with van der Waals surface area (Å²) in [5.74, 6) is 0.304. The summed E-state index contributed by atoms with van der Waals surface area (Å²) < 4.78 is 0. The molecule has 6 nitrogen and oxygen atoms in total. The standard InChI is InChI=1S/C20H23N5O/c1-4-5-12-25(3)19(26)17-13-14(2)22-20(24-17)23-16-10-6-8-15-9-7-11-21-18(15)16/h6-11,13H,4-5,12H2,1-3H3,(H,22,23,24). The monoisotopic (exact) mass is 349 g/mol. The third kappa shape index (κ3) is 3.96. The van der Waals surface area contributed by atoms with Gasteiger partial charge in [0.05, 0.1) is 11.2 Å². The van der Waals surface area contributed by atoms with E-state index < -0.39 is 0 Å². The van der Waals surface area contributed by atoms with Gasteiger partial charge in [-0.1, -0.05) is 31.5 Å². The molecule has 0 atom stereocenters. The molecule has 26 heavy (non-hydrogen) atoms. The Morgan fingerprint density at radius 2 is 2.00 bits per heavy atom. The molecule has 2 heterocycles. The van der Waals surface area contributed by atoms with Crippen molar-refractivity contribution in [3.63, 3.8) is 0 Å². The van der Waals surface area contributed by atoms with E-state index in [4.69, 9.17) is 0 Å². The highest BCUT2D eigenvalue weighted by Crippen LogP contribution is 2.23. The van der Waals surface area contributed by atoms with E-state index in [2.05, 4.69) is 27.2 Å². The van der Waals surface area contributed by atoms with Crippen molar-refractivity contribution < 1.29 is 4.79 Å². The average Bonchev–Trinajstić information content (AvgIpc) is 2.65. The number of para-hydroxylation sites is 1. The number of unbranched alkanes of at least 4 members (excludes halogenated alkanes) is 1. The molecule has 134 valence electrons. The smallest absolute Gasteiger partial charge is 0.272 e. The van der Waals surface area contributed by atoms with Crippen molar-refractivity contribution in [2.45, 2.75) is 26.7 Å². The number of nitrogens with one attached hydrogen (secondary N) is 1. The first-order valence-electron chi connectivity index (χ1n) is 8.80. The van der Waals surface area contributed by atoms with Crippen molar-refractivity contribution in [2.75, 3.05) is 18.9 Å². The minimum absolute atomic E-state index is 0.0944. The predicted molar refractivity (Wildman–Crippen MR) is 104 cm³/mol. The van der Waals surface area contributed by atoms with E-state index in [-0.39, 0.29) is 5.91 Å². The number of benzene rings is 1. The number of amides is 1. The molecule has 0 fully saturated rings. The van der Waals surface area contributed by atoms with E-state index in [1.54, 1.807) is 24.2 Å². The maximum absolute atomic E-state index is 12.6. The summed E-state index contributed by atoms with van der Waals surface area (Å²) in [5, 5.41) is 4.24. The molecule has 0 aliphatic heterocycles. The number of aromatic nitrogens is 3. The van der Waals surface area contributed by atoms with Crippen LogP contribution in [0.25, 0.3) is 10.9 Å². The SMILES string of the molecule is CCCCN(C)C(=O)c1cc(C)nc(Nc2cccc3cccnc23)n1. The number of carbonyl (C=O) groups is 1. The third-order valence-corrected chi connectivity index (χ3v) is 4.15. The number of hydrogen-bond donors (Lipinski definition) is 1. The number of pyridine rings is 1. The van der Waals surface area contributed by atoms with Gasteiger partial charge in [0.25, 0.3) is 5.91 Å². The fourth-order valence-electron chi connectivity index (χ4n) is 2.75. The molecule has 6 heteroatoms.